The summed E-state index contributed by atoms with van der Waals surface area (Å²) < 4.78 is 0. The van der Waals surface area contributed by atoms with Gasteiger partial charge in [0, 0.05) is 0 Å². The second kappa shape index (κ2) is 5.86. The second-order valence-electron chi connectivity index (χ2n) is 5.16. The van der Waals surface area contributed by atoms with E-state index in [0.717, 1.165) is 6.42 Å². The van der Waals surface area contributed by atoms with Gasteiger partial charge in [0.25, 0.3) is 0 Å². The van der Waals surface area contributed by atoms with Crippen LogP contribution in [0.15, 0.2) is 42.5 Å². The SMILES string of the molecule is CCC(C#N)C(c1ccc2ccccc2c1)N(C)C. The largest absolute Gasteiger partial charge is 0.301 e. The highest BCUT2D eigenvalue weighted by Gasteiger charge is 2.23. The molecule has 0 radical (unpaired) electrons. The second-order valence-corrected chi connectivity index (χ2v) is 5.16. The molecular weight excluding hydrogens is 232 g/mol. The van der Waals surface area contributed by atoms with Gasteiger partial charge < -0.3 is 4.90 Å². The van der Waals surface area contributed by atoms with E-state index in [2.05, 4.69) is 60.4 Å². The summed E-state index contributed by atoms with van der Waals surface area (Å²) in [4.78, 5) is 2.14. The smallest absolute Gasteiger partial charge is 0.0675 e. The van der Waals surface area contributed by atoms with Gasteiger partial charge in [-0.2, -0.15) is 5.26 Å². The van der Waals surface area contributed by atoms with E-state index < -0.39 is 0 Å². The molecule has 2 atom stereocenters. The molecule has 0 aromatic heterocycles. The third-order valence-corrected chi connectivity index (χ3v) is 3.66. The Hall–Kier alpha value is -1.85. The topological polar surface area (TPSA) is 27.0 Å². The molecule has 0 bridgehead atoms. The highest BCUT2D eigenvalue weighted by molar-refractivity contribution is 5.83. The Kier molecular flexibility index (Phi) is 4.19. The molecule has 0 saturated carbocycles. The third kappa shape index (κ3) is 2.77. The van der Waals surface area contributed by atoms with Gasteiger partial charge in [0.2, 0.25) is 0 Å². The molecule has 0 saturated heterocycles. The Morgan fingerprint density at radius 1 is 1.11 bits per heavy atom. The molecule has 2 heteroatoms. The van der Waals surface area contributed by atoms with Crippen molar-refractivity contribution in [3.8, 4) is 6.07 Å². The number of fused-ring (bicyclic) bond motifs is 1. The van der Waals surface area contributed by atoms with Gasteiger partial charge >= 0.3 is 0 Å². The van der Waals surface area contributed by atoms with Crippen molar-refractivity contribution in [1.82, 2.24) is 4.90 Å². The highest BCUT2D eigenvalue weighted by atomic mass is 15.1. The Morgan fingerprint density at radius 3 is 2.37 bits per heavy atom. The van der Waals surface area contributed by atoms with Crippen LogP contribution in [0.2, 0.25) is 0 Å². The molecule has 0 aliphatic rings. The number of nitriles is 1. The van der Waals surface area contributed by atoms with E-state index in [4.69, 9.17) is 0 Å². The first-order chi connectivity index (χ1) is 9.17. The van der Waals surface area contributed by atoms with Crippen molar-refractivity contribution in [2.45, 2.75) is 19.4 Å². The molecule has 98 valence electrons. The van der Waals surface area contributed by atoms with E-state index >= 15 is 0 Å². The summed E-state index contributed by atoms with van der Waals surface area (Å²) in [6, 6.07) is 17.4. The summed E-state index contributed by atoms with van der Waals surface area (Å²) in [6.45, 7) is 2.07. The zero-order chi connectivity index (χ0) is 13.8. The number of hydrogen-bond acceptors (Lipinski definition) is 2. The summed E-state index contributed by atoms with van der Waals surface area (Å²) >= 11 is 0. The standard InChI is InChI=1S/C17H20N2/c1-4-13(12-18)17(19(2)3)16-10-9-14-7-5-6-8-15(14)11-16/h5-11,13,17H,4H2,1-3H3. The van der Waals surface area contributed by atoms with Crippen molar-refractivity contribution < 1.29 is 0 Å². The summed E-state index contributed by atoms with van der Waals surface area (Å²) in [5, 5.41) is 11.8. The number of hydrogen-bond donors (Lipinski definition) is 0. The molecular formula is C17H20N2. The molecule has 2 aromatic carbocycles. The minimum absolute atomic E-state index is 0.0242. The molecule has 2 nitrogen and oxygen atoms in total. The van der Waals surface area contributed by atoms with Crippen molar-refractivity contribution in [3.63, 3.8) is 0 Å². The summed E-state index contributed by atoms with van der Waals surface area (Å²) in [7, 11) is 4.08. The molecule has 0 heterocycles. The van der Waals surface area contributed by atoms with Gasteiger partial charge in [0.05, 0.1) is 18.0 Å². The normalized spacial score (nSPS) is 14.3. The van der Waals surface area contributed by atoms with Crippen molar-refractivity contribution in [3.05, 3.63) is 48.0 Å². The van der Waals surface area contributed by atoms with E-state index in [9.17, 15) is 5.26 Å². The van der Waals surface area contributed by atoms with Gasteiger partial charge in [-0.25, -0.2) is 0 Å². The van der Waals surface area contributed by atoms with Gasteiger partial charge in [-0.05, 0) is 42.9 Å². The first-order valence-electron chi connectivity index (χ1n) is 6.72. The lowest BCUT2D eigenvalue weighted by Crippen LogP contribution is -2.26. The predicted octanol–water partition coefficient (Wildman–Crippen LogP) is 3.99. The molecule has 2 rings (SSSR count). The minimum Gasteiger partial charge on any atom is -0.301 e. The Morgan fingerprint density at radius 2 is 1.79 bits per heavy atom. The van der Waals surface area contributed by atoms with E-state index in [1.807, 2.05) is 14.1 Å². The molecule has 19 heavy (non-hydrogen) atoms. The van der Waals surface area contributed by atoms with Crippen molar-refractivity contribution in [2.75, 3.05) is 14.1 Å². The van der Waals surface area contributed by atoms with Crippen LogP contribution in [-0.4, -0.2) is 19.0 Å². The van der Waals surface area contributed by atoms with Gasteiger partial charge in [-0.3, -0.25) is 0 Å². The monoisotopic (exact) mass is 252 g/mol. The Labute approximate surface area is 115 Å². The molecule has 0 fully saturated rings. The average molecular weight is 252 g/mol. The molecule has 0 spiro atoms. The maximum Gasteiger partial charge on any atom is 0.0675 e. The zero-order valence-electron chi connectivity index (χ0n) is 11.8. The predicted molar refractivity (Wildman–Crippen MR) is 79.8 cm³/mol. The molecule has 0 aliphatic carbocycles. The van der Waals surface area contributed by atoms with E-state index in [-0.39, 0.29) is 12.0 Å². The zero-order valence-corrected chi connectivity index (χ0v) is 11.8. The van der Waals surface area contributed by atoms with Crippen LogP contribution in [0.4, 0.5) is 0 Å². The van der Waals surface area contributed by atoms with Gasteiger partial charge in [0.1, 0.15) is 0 Å². The molecule has 0 amide bonds. The van der Waals surface area contributed by atoms with Crippen LogP contribution in [0.25, 0.3) is 10.8 Å². The van der Waals surface area contributed by atoms with Crippen LogP contribution in [-0.2, 0) is 0 Å². The fraction of sp³-hybridized carbons (Fsp3) is 0.353. The summed E-state index contributed by atoms with van der Waals surface area (Å²) in [6.07, 6.45) is 0.867. The van der Waals surface area contributed by atoms with Crippen LogP contribution in [0, 0.1) is 17.2 Å². The van der Waals surface area contributed by atoms with E-state index in [0.29, 0.717) is 0 Å². The lowest BCUT2D eigenvalue weighted by molar-refractivity contribution is 0.241. The third-order valence-electron chi connectivity index (χ3n) is 3.66. The van der Waals surface area contributed by atoms with Gasteiger partial charge in [-0.15, -0.1) is 0 Å². The van der Waals surface area contributed by atoms with Crippen LogP contribution in [0.3, 0.4) is 0 Å². The van der Waals surface area contributed by atoms with Gasteiger partial charge in [0.15, 0.2) is 0 Å². The summed E-state index contributed by atoms with van der Waals surface area (Å²) in [5.74, 6) is 0.0242. The molecule has 2 unspecified atom stereocenters. The van der Waals surface area contributed by atoms with Crippen LogP contribution in [0.1, 0.15) is 24.9 Å². The number of nitrogens with zero attached hydrogens (tertiary/aromatic N) is 2. The van der Waals surface area contributed by atoms with E-state index in [1.54, 1.807) is 0 Å². The molecule has 0 N–H and O–H groups in total. The summed E-state index contributed by atoms with van der Waals surface area (Å²) in [5.41, 5.74) is 1.22. The lowest BCUT2D eigenvalue weighted by Gasteiger charge is -2.28. The Balaban J connectivity index is 2.47. The fourth-order valence-electron chi connectivity index (χ4n) is 2.67. The van der Waals surface area contributed by atoms with Gasteiger partial charge in [-0.1, -0.05) is 43.3 Å². The maximum absolute atomic E-state index is 9.34. The van der Waals surface area contributed by atoms with Crippen molar-refractivity contribution in [1.29, 1.82) is 5.26 Å². The van der Waals surface area contributed by atoms with Crippen LogP contribution >= 0.6 is 0 Å². The average Bonchev–Trinajstić information content (AvgIpc) is 2.43. The van der Waals surface area contributed by atoms with Crippen molar-refractivity contribution in [2.24, 2.45) is 5.92 Å². The lowest BCUT2D eigenvalue weighted by atomic mass is 9.90. The molecule has 0 aliphatic heterocycles. The minimum atomic E-state index is 0.0242. The quantitative estimate of drug-likeness (QED) is 0.822. The Bertz CT molecular complexity index is 595. The first-order valence-corrected chi connectivity index (χ1v) is 6.72. The number of benzene rings is 2. The molecule has 2 aromatic rings. The van der Waals surface area contributed by atoms with E-state index in [1.165, 1.54) is 16.3 Å². The number of rotatable bonds is 4. The highest BCUT2D eigenvalue weighted by Crippen LogP contribution is 2.30. The first kappa shape index (κ1) is 13.6. The van der Waals surface area contributed by atoms with Crippen molar-refractivity contribution >= 4 is 10.8 Å². The van der Waals surface area contributed by atoms with Crippen LogP contribution < -0.4 is 0 Å². The fourth-order valence-corrected chi connectivity index (χ4v) is 2.67. The van der Waals surface area contributed by atoms with Crippen LogP contribution in [0.5, 0.6) is 0 Å². The maximum atomic E-state index is 9.34.